The smallest absolute Gasteiger partial charge is 0.123 e. The van der Waals surface area contributed by atoms with Crippen molar-refractivity contribution < 1.29 is 4.39 Å². The van der Waals surface area contributed by atoms with E-state index in [1.165, 1.54) is 33.4 Å². The van der Waals surface area contributed by atoms with Gasteiger partial charge in [0.25, 0.3) is 0 Å². The van der Waals surface area contributed by atoms with Crippen LogP contribution in [0.1, 0.15) is 26.3 Å². The van der Waals surface area contributed by atoms with Crippen LogP contribution >= 0.6 is 0 Å². The van der Waals surface area contributed by atoms with Crippen molar-refractivity contribution in [3.8, 4) is 0 Å². The summed E-state index contributed by atoms with van der Waals surface area (Å²) in [5.74, 6) is -0.230. The molecule has 0 bridgehead atoms. The molecule has 0 aliphatic rings. The Hall–Kier alpha value is -3.79. The molecule has 4 heteroatoms. The topological polar surface area (TPSA) is 30.2 Å². The number of para-hydroxylation sites is 1. The van der Waals surface area contributed by atoms with Crippen LogP contribution in [-0.2, 0) is 6.42 Å². The van der Waals surface area contributed by atoms with Crippen molar-refractivity contribution in [2.45, 2.75) is 27.2 Å². The molecule has 160 valence electrons. The van der Waals surface area contributed by atoms with Crippen molar-refractivity contribution in [2.75, 3.05) is 0 Å². The second-order valence-corrected chi connectivity index (χ2v) is 10.3. The Balaban J connectivity index is 1.82. The van der Waals surface area contributed by atoms with Gasteiger partial charge in [0.2, 0.25) is 0 Å². The third kappa shape index (κ3) is 2.55. The Morgan fingerprint density at radius 2 is 1.67 bits per heavy atom. The van der Waals surface area contributed by atoms with Gasteiger partial charge in [-0.05, 0) is 64.6 Å². The van der Waals surface area contributed by atoms with Gasteiger partial charge in [-0.15, -0.1) is 0 Å². The molecule has 0 unspecified atom stereocenters. The van der Waals surface area contributed by atoms with E-state index in [1.54, 1.807) is 12.4 Å². The van der Waals surface area contributed by atoms with Crippen LogP contribution in [0.3, 0.4) is 0 Å². The first kappa shape index (κ1) is 18.8. The van der Waals surface area contributed by atoms with E-state index in [4.69, 9.17) is 9.97 Å². The van der Waals surface area contributed by atoms with Crippen molar-refractivity contribution in [3.05, 3.63) is 78.4 Å². The molecule has 7 rings (SSSR count). The fourth-order valence-corrected chi connectivity index (χ4v) is 5.58. The van der Waals surface area contributed by atoms with Crippen molar-refractivity contribution in [1.29, 1.82) is 0 Å². The van der Waals surface area contributed by atoms with E-state index >= 15 is 0 Å². The molecule has 0 spiro atoms. The molecule has 4 aromatic carbocycles. The molecule has 33 heavy (non-hydrogen) atoms. The summed E-state index contributed by atoms with van der Waals surface area (Å²) in [7, 11) is 0. The minimum absolute atomic E-state index is 0.141. The van der Waals surface area contributed by atoms with Gasteiger partial charge < -0.3 is 4.40 Å². The summed E-state index contributed by atoms with van der Waals surface area (Å²) in [4.78, 5) is 9.44. The number of nitrogens with zero attached hydrogens (tertiary/aromatic N) is 3. The van der Waals surface area contributed by atoms with Crippen molar-refractivity contribution in [1.82, 2.24) is 14.4 Å². The van der Waals surface area contributed by atoms with E-state index in [0.717, 1.165) is 44.5 Å². The van der Waals surface area contributed by atoms with Gasteiger partial charge >= 0.3 is 0 Å². The number of halogens is 1. The summed E-state index contributed by atoms with van der Waals surface area (Å²) >= 11 is 0. The van der Waals surface area contributed by atoms with E-state index < -0.39 is 0 Å². The van der Waals surface area contributed by atoms with Crippen molar-refractivity contribution in [2.24, 2.45) is 5.41 Å². The molecule has 3 aromatic heterocycles. The lowest BCUT2D eigenvalue weighted by molar-refractivity contribution is 0.413. The molecule has 7 aromatic rings. The highest BCUT2D eigenvalue weighted by Gasteiger charge is 2.24. The zero-order valence-corrected chi connectivity index (χ0v) is 18.8. The highest BCUT2D eigenvalue weighted by Crippen LogP contribution is 2.43. The molecule has 3 nitrogen and oxygen atoms in total. The summed E-state index contributed by atoms with van der Waals surface area (Å²) in [6, 6.07) is 20.1. The number of hydrogen-bond acceptors (Lipinski definition) is 2. The van der Waals surface area contributed by atoms with Crippen molar-refractivity contribution >= 4 is 59.9 Å². The number of hydrogen-bond donors (Lipinski definition) is 0. The van der Waals surface area contributed by atoms with Gasteiger partial charge in [-0.25, -0.2) is 14.4 Å². The number of benzene rings is 4. The van der Waals surface area contributed by atoms with Gasteiger partial charge in [0, 0.05) is 16.2 Å². The maximum absolute atomic E-state index is 14.0. The molecule has 0 fully saturated rings. The number of rotatable bonds is 1. The van der Waals surface area contributed by atoms with Crippen molar-refractivity contribution in [3.63, 3.8) is 0 Å². The summed E-state index contributed by atoms with van der Waals surface area (Å²) in [6.45, 7) is 6.83. The Kier molecular flexibility index (Phi) is 3.50. The van der Waals surface area contributed by atoms with Gasteiger partial charge in [0.15, 0.2) is 0 Å². The fourth-order valence-electron chi connectivity index (χ4n) is 5.58. The first-order valence-corrected chi connectivity index (χ1v) is 11.3. The molecule has 0 aliphatic heterocycles. The lowest BCUT2D eigenvalue weighted by Gasteiger charge is -2.20. The van der Waals surface area contributed by atoms with E-state index in [0.29, 0.717) is 0 Å². The summed E-state index contributed by atoms with van der Waals surface area (Å²) in [5.41, 5.74) is 6.77. The third-order valence-electron chi connectivity index (χ3n) is 6.75. The maximum atomic E-state index is 14.0. The number of fused-ring (bicyclic) bond motifs is 7. The number of aromatic nitrogens is 3. The molecule has 0 aliphatic carbocycles. The average molecular weight is 432 g/mol. The van der Waals surface area contributed by atoms with Crippen LogP contribution in [0.5, 0.6) is 0 Å². The Morgan fingerprint density at radius 3 is 2.52 bits per heavy atom. The van der Waals surface area contributed by atoms with Crippen LogP contribution in [-0.4, -0.2) is 14.4 Å². The predicted octanol–water partition coefficient (Wildman–Crippen LogP) is 7.66. The van der Waals surface area contributed by atoms with Gasteiger partial charge in [0.05, 0.1) is 33.0 Å². The molecule has 0 N–H and O–H groups in total. The fraction of sp³-hybridized carbons (Fsp3) is 0.172. The van der Waals surface area contributed by atoms with Crippen LogP contribution in [0.25, 0.3) is 59.9 Å². The normalized spacial score (nSPS) is 13.0. The van der Waals surface area contributed by atoms with Gasteiger partial charge in [-0.3, -0.25) is 0 Å². The largest absolute Gasteiger partial charge is 0.308 e. The third-order valence-corrected chi connectivity index (χ3v) is 6.75. The van der Waals surface area contributed by atoms with E-state index in [9.17, 15) is 4.39 Å². The Bertz CT molecular complexity index is 1890. The molecule has 0 saturated carbocycles. The van der Waals surface area contributed by atoms with E-state index in [1.807, 2.05) is 6.07 Å². The molecule has 0 amide bonds. The predicted molar refractivity (Wildman–Crippen MR) is 135 cm³/mol. The Labute approximate surface area is 189 Å². The quantitative estimate of drug-likeness (QED) is 0.197. The van der Waals surface area contributed by atoms with Gasteiger partial charge in [-0.1, -0.05) is 45.0 Å². The van der Waals surface area contributed by atoms with Crippen LogP contribution in [0, 0.1) is 11.2 Å². The van der Waals surface area contributed by atoms with Gasteiger partial charge in [-0.2, -0.15) is 0 Å². The minimum atomic E-state index is -0.230. The Morgan fingerprint density at radius 1 is 0.818 bits per heavy atom. The molecular weight excluding hydrogens is 409 g/mol. The lowest BCUT2D eigenvalue weighted by Crippen LogP contribution is -2.10. The first-order valence-electron chi connectivity index (χ1n) is 11.3. The SMILES string of the molecule is CC(C)(C)Cc1cc2ncnc3c4cc5cc(F)ccc5cc4n4c5ccccc5c1c4c23. The molecule has 0 radical (unpaired) electrons. The van der Waals surface area contributed by atoms with E-state index in [-0.39, 0.29) is 11.2 Å². The van der Waals surface area contributed by atoms with Crippen LogP contribution < -0.4 is 0 Å². The molecule has 0 atom stereocenters. The second kappa shape index (κ2) is 6.16. The van der Waals surface area contributed by atoms with E-state index in [2.05, 4.69) is 67.6 Å². The van der Waals surface area contributed by atoms with Crippen LogP contribution in [0.4, 0.5) is 4.39 Å². The lowest BCUT2D eigenvalue weighted by atomic mass is 9.85. The molecule has 3 heterocycles. The number of pyridine rings is 1. The van der Waals surface area contributed by atoms with Crippen LogP contribution in [0.15, 0.2) is 67.0 Å². The standard InChI is InChI=1S/C29H22FN3/c1-29(2,3)14-18-12-22-26-27(32-15-31-22)21-11-17-10-19(30)9-8-16(17)13-24(21)33-23-7-5-4-6-20(23)25(18)28(26)33/h4-13,15H,14H2,1-3H3. The summed E-state index contributed by atoms with van der Waals surface area (Å²) in [5, 5.41) is 6.51. The van der Waals surface area contributed by atoms with Gasteiger partial charge in [0.1, 0.15) is 12.1 Å². The highest BCUT2D eigenvalue weighted by atomic mass is 19.1. The molecule has 0 saturated heterocycles. The zero-order valence-electron chi connectivity index (χ0n) is 18.8. The summed E-state index contributed by atoms with van der Waals surface area (Å²) < 4.78 is 16.4. The monoisotopic (exact) mass is 431 g/mol. The average Bonchev–Trinajstić information content (AvgIpc) is 3.13. The summed E-state index contributed by atoms with van der Waals surface area (Å²) in [6.07, 6.45) is 2.61. The first-order chi connectivity index (χ1) is 15.9. The molecular formula is C29H22FN3. The van der Waals surface area contributed by atoms with Crippen LogP contribution in [0.2, 0.25) is 0 Å². The second-order valence-electron chi connectivity index (χ2n) is 10.3. The zero-order chi connectivity index (χ0) is 22.5. The maximum Gasteiger partial charge on any atom is 0.123 e. The highest BCUT2D eigenvalue weighted by molar-refractivity contribution is 6.28. The minimum Gasteiger partial charge on any atom is -0.308 e.